The van der Waals surface area contributed by atoms with E-state index < -0.39 is 0 Å². The summed E-state index contributed by atoms with van der Waals surface area (Å²) >= 11 is 5.04. The highest BCUT2D eigenvalue weighted by atomic mass is 79.9. The molecule has 1 aliphatic carbocycles. The van der Waals surface area contributed by atoms with E-state index in [2.05, 4.69) is 40.2 Å². The van der Waals surface area contributed by atoms with E-state index in [4.69, 9.17) is 0 Å². The zero-order valence-electron chi connectivity index (χ0n) is 10.1. The molecule has 0 saturated heterocycles. The van der Waals surface area contributed by atoms with Crippen LogP contribution < -0.4 is 0 Å². The Labute approximate surface area is 119 Å². The number of carbonyl (C=O) groups is 1. The van der Waals surface area contributed by atoms with E-state index in [9.17, 15) is 4.79 Å². The monoisotopic (exact) mass is 320 g/mol. The van der Waals surface area contributed by atoms with Crippen LogP contribution in [-0.4, -0.2) is 5.78 Å². The van der Waals surface area contributed by atoms with Gasteiger partial charge in [-0.05, 0) is 58.5 Å². The molecular formula is C15H13BrOS. The number of hydrogen-bond donors (Lipinski definition) is 0. The van der Waals surface area contributed by atoms with Crippen LogP contribution in [0.4, 0.5) is 0 Å². The Balaban J connectivity index is 1.84. The molecule has 1 aromatic heterocycles. The molecule has 0 fully saturated rings. The quantitative estimate of drug-likeness (QED) is 0.749. The molecule has 0 spiro atoms. The molecule has 18 heavy (non-hydrogen) atoms. The van der Waals surface area contributed by atoms with Crippen molar-refractivity contribution in [3.05, 3.63) is 55.7 Å². The number of carbonyl (C=O) groups excluding carboxylic acids is 1. The molecule has 0 N–H and O–H groups in total. The van der Waals surface area contributed by atoms with E-state index in [1.54, 1.807) is 11.3 Å². The number of benzene rings is 1. The third-order valence-electron chi connectivity index (χ3n) is 3.52. The van der Waals surface area contributed by atoms with E-state index in [0.717, 1.165) is 27.1 Å². The highest BCUT2D eigenvalue weighted by Crippen LogP contribution is 2.33. The summed E-state index contributed by atoms with van der Waals surface area (Å²) in [5, 5.41) is 0. The maximum atomic E-state index is 12.5. The van der Waals surface area contributed by atoms with Gasteiger partial charge in [0.1, 0.15) is 0 Å². The number of thiophene rings is 1. The lowest BCUT2D eigenvalue weighted by Gasteiger charge is -2.05. The van der Waals surface area contributed by atoms with Crippen LogP contribution in [0.1, 0.15) is 26.4 Å². The fourth-order valence-electron chi connectivity index (χ4n) is 2.53. The van der Waals surface area contributed by atoms with Gasteiger partial charge < -0.3 is 0 Å². The second-order valence-corrected chi connectivity index (χ2v) is 7.18. The van der Waals surface area contributed by atoms with Crippen LogP contribution in [0.15, 0.2) is 34.1 Å². The zero-order chi connectivity index (χ0) is 12.7. The Bertz CT molecular complexity index is 570. The third-order valence-corrected chi connectivity index (χ3v) is 5.67. The van der Waals surface area contributed by atoms with Crippen LogP contribution in [0.25, 0.3) is 0 Å². The lowest BCUT2D eigenvalue weighted by atomic mass is 9.99. The van der Waals surface area contributed by atoms with Gasteiger partial charge in [-0.25, -0.2) is 0 Å². The number of hydrogen-bond acceptors (Lipinski definition) is 2. The fraction of sp³-hybridized carbons (Fsp3) is 0.267. The molecule has 2 aromatic rings. The topological polar surface area (TPSA) is 17.1 Å². The van der Waals surface area contributed by atoms with Gasteiger partial charge in [0.2, 0.25) is 0 Å². The first kappa shape index (κ1) is 12.1. The zero-order valence-corrected chi connectivity index (χ0v) is 12.5. The third kappa shape index (κ3) is 2.06. The summed E-state index contributed by atoms with van der Waals surface area (Å²) < 4.78 is 1.07. The van der Waals surface area contributed by atoms with Crippen molar-refractivity contribution < 1.29 is 4.79 Å². The lowest BCUT2D eigenvalue weighted by Crippen LogP contribution is -2.13. The fourth-order valence-corrected chi connectivity index (χ4v) is 4.08. The summed E-state index contributed by atoms with van der Waals surface area (Å²) in [5.74, 6) is 0.428. The molecule has 92 valence electrons. The summed E-state index contributed by atoms with van der Waals surface area (Å²) in [7, 11) is 0. The normalized spacial score (nSPS) is 14.8. The predicted molar refractivity (Wildman–Crippen MR) is 78.4 cm³/mol. The van der Waals surface area contributed by atoms with Crippen molar-refractivity contribution in [1.29, 1.82) is 0 Å². The first-order valence-corrected chi connectivity index (χ1v) is 7.63. The molecule has 0 atom stereocenters. The maximum absolute atomic E-state index is 12.5. The average molecular weight is 321 g/mol. The molecule has 0 unspecified atom stereocenters. The van der Waals surface area contributed by atoms with Crippen LogP contribution in [0, 0.1) is 12.8 Å². The van der Waals surface area contributed by atoms with E-state index in [0.29, 0.717) is 5.78 Å². The van der Waals surface area contributed by atoms with Crippen molar-refractivity contribution in [3.8, 4) is 0 Å². The number of ketones is 1. The second kappa shape index (κ2) is 4.63. The van der Waals surface area contributed by atoms with E-state index in [1.165, 1.54) is 11.1 Å². The van der Waals surface area contributed by atoms with Crippen molar-refractivity contribution in [1.82, 2.24) is 0 Å². The van der Waals surface area contributed by atoms with Gasteiger partial charge in [0.05, 0.1) is 8.66 Å². The number of rotatable bonds is 2. The molecular weight excluding hydrogens is 308 g/mol. The Hall–Kier alpha value is -0.930. The maximum Gasteiger partial charge on any atom is 0.176 e. The molecule has 3 heteroatoms. The molecule has 1 aromatic carbocycles. The Kier molecular flexibility index (Phi) is 3.12. The second-order valence-electron chi connectivity index (χ2n) is 4.81. The van der Waals surface area contributed by atoms with Crippen LogP contribution in [0.2, 0.25) is 0 Å². The van der Waals surface area contributed by atoms with Crippen molar-refractivity contribution >= 4 is 33.0 Å². The SMILES string of the molecule is Cc1cc(C(=O)C2Cc3ccccc3C2)sc1Br. The molecule has 3 rings (SSSR count). The molecule has 1 nitrogen and oxygen atoms in total. The van der Waals surface area contributed by atoms with Gasteiger partial charge >= 0.3 is 0 Å². The molecule has 0 radical (unpaired) electrons. The Morgan fingerprint density at radius 2 is 1.89 bits per heavy atom. The Morgan fingerprint density at radius 3 is 2.39 bits per heavy atom. The molecule has 0 aliphatic heterocycles. The van der Waals surface area contributed by atoms with Crippen molar-refractivity contribution in [2.24, 2.45) is 5.92 Å². The lowest BCUT2D eigenvalue weighted by molar-refractivity contribution is 0.0929. The van der Waals surface area contributed by atoms with E-state index >= 15 is 0 Å². The summed E-state index contributed by atoms with van der Waals surface area (Å²) in [4.78, 5) is 13.4. The molecule has 1 aliphatic rings. The van der Waals surface area contributed by atoms with Gasteiger partial charge in [0.15, 0.2) is 5.78 Å². The summed E-state index contributed by atoms with van der Waals surface area (Å²) in [5.41, 5.74) is 3.82. The summed E-state index contributed by atoms with van der Waals surface area (Å²) in [6.07, 6.45) is 1.78. The molecule has 0 saturated carbocycles. The number of Topliss-reactive ketones (excluding diaryl/α,β-unsaturated/α-hetero) is 1. The number of halogens is 1. The molecule has 0 bridgehead atoms. The standard InChI is InChI=1S/C15H13BrOS/c1-9-6-13(18-15(9)16)14(17)12-7-10-4-2-3-5-11(10)8-12/h2-6,12H,7-8H2,1H3. The number of aryl methyl sites for hydroxylation is 1. The number of fused-ring (bicyclic) bond motifs is 1. The minimum Gasteiger partial charge on any atom is -0.293 e. The van der Waals surface area contributed by atoms with Gasteiger partial charge in [-0.2, -0.15) is 0 Å². The Morgan fingerprint density at radius 1 is 1.28 bits per heavy atom. The van der Waals surface area contributed by atoms with Crippen LogP contribution in [-0.2, 0) is 12.8 Å². The van der Waals surface area contributed by atoms with Crippen molar-refractivity contribution in [3.63, 3.8) is 0 Å². The van der Waals surface area contributed by atoms with Gasteiger partial charge in [0.25, 0.3) is 0 Å². The van der Waals surface area contributed by atoms with Crippen LogP contribution >= 0.6 is 27.3 Å². The smallest absolute Gasteiger partial charge is 0.176 e. The minimum atomic E-state index is 0.132. The minimum absolute atomic E-state index is 0.132. The van der Waals surface area contributed by atoms with Crippen molar-refractivity contribution in [2.75, 3.05) is 0 Å². The first-order valence-electron chi connectivity index (χ1n) is 6.02. The molecule has 0 amide bonds. The van der Waals surface area contributed by atoms with Crippen LogP contribution in [0.3, 0.4) is 0 Å². The van der Waals surface area contributed by atoms with Crippen LogP contribution in [0.5, 0.6) is 0 Å². The first-order chi connectivity index (χ1) is 8.65. The van der Waals surface area contributed by atoms with Gasteiger partial charge in [-0.15, -0.1) is 11.3 Å². The van der Waals surface area contributed by atoms with Crippen molar-refractivity contribution in [2.45, 2.75) is 19.8 Å². The highest BCUT2D eigenvalue weighted by Gasteiger charge is 2.28. The molecule has 1 heterocycles. The largest absolute Gasteiger partial charge is 0.293 e. The van der Waals surface area contributed by atoms with Gasteiger partial charge in [-0.3, -0.25) is 4.79 Å². The summed E-state index contributed by atoms with van der Waals surface area (Å²) in [6, 6.07) is 10.4. The van der Waals surface area contributed by atoms with E-state index in [-0.39, 0.29) is 5.92 Å². The van der Waals surface area contributed by atoms with Gasteiger partial charge in [-0.1, -0.05) is 24.3 Å². The average Bonchev–Trinajstić information content (AvgIpc) is 2.93. The predicted octanol–water partition coefficient (Wildman–Crippen LogP) is 4.42. The van der Waals surface area contributed by atoms with E-state index in [1.807, 2.05) is 13.0 Å². The summed E-state index contributed by atoms with van der Waals surface area (Å²) in [6.45, 7) is 2.03. The van der Waals surface area contributed by atoms with Gasteiger partial charge in [0, 0.05) is 5.92 Å². The highest BCUT2D eigenvalue weighted by molar-refractivity contribution is 9.11.